The minimum atomic E-state index is -2.25. The number of halogens is 2. The van der Waals surface area contributed by atoms with Crippen LogP contribution in [0.2, 0.25) is 0 Å². The van der Waals surface area contributed by atoms with Crippen LogP contribution in [0.3, 0.4) is 0 Å². The lowest BCUT2D eigenvalue weighted by molar-refractivity contribution is -0.111. The van der Waals surface area contributed by atoms with Crippen LogP contribution in [-0.2, 0) is 4.79 Å². The van der Waals surface area contributed by atoms with Crippen molar-refractivity contribution >= 4 is 6.29 Å². The molecule has 0 aromatic heterocycles. The fraction of sp³-hybridized carbons (Fsp3) is 0.875. The molecule has 1 unspecified atom stereocenters. The molecule has 0 aromatic carbocycles. The molecule has 0 aromatic rings. The highest BCUT2D eigenvalue weighted by molar-refractivity contribution is 5.58. The standard InChI is InChI=1S/C8H13F2NO/c9-8(10)3-5-11-4-1-2-7(11)6-12/h6-8H,1-5H2. The van der Waals surface area contributed by atoms with Crippen molar-refractivity contribution in [2.45, 2.75) is 31.7 Å². The van der Waals surface area contributed by atoms with Gasteiger partial charge < -0.3 is 4.79 Å². The van der Waals surface area contributed by atoms with Gasteiger partial charge in [0.1, 0.15) is 6.29 Å². The van der Waals surface area contributed by atoms with Crippen molar-refractivity contribution in [3.63, 3.8) is 0 Å². The van der Waals surface area contributed by atoms with Gasteiger partial charge in [-0.05, 0) is 19.4 Å². The van der Waals surface area contributed by atoms with Crippen molar-refractivity contribution in [3.8, 4) is 0 Å². The second kappa shape index (κ2) is 4.50. The molecule has 70 valence electrons. The number of hydrogen-bond donors (Lipinski definition) is 0. The molecular formula is C8H13F2NO. The van der Waals surface area contributed by atoms with E-state index >= 15 is 0 Å². The van der Waals surface area contributed by atoms with Crippen molar-refractivity contribution < 1.29 is 13.6 Å². The second-order valence-electron chi connectivity index (χ2n) is 3.06. The third-order valence-corrected chi connectivity index (χ3v) is 2.21. The van der Waals surface area contributed by atoms with E-state index in [4.69, 9.17) is 0 Å². The molecule has 0 spiro atoms. The second-order valence-corrected chi connectivity index (χ2v) is 3.06. The highest BCUT2D eigenvalue weighted by atomic mass is 19.3. The van der Waals surface area contributed by atoms with Crippen molar-refractivity contribution in [2.24, 2.45) is 0 Å². The molecule has 1 saturated heterocycles. The van der Waals surface area contributed by atoms with Crippen LogP contribution in [-0.4, -0.2) is 36.7 Å². The molecule has 0 saturated carbocycles. The van der Waals surface area contributed by atoms with E-state index in [2.05, 4.69) is 0 Å². The summed E-state index contributed by atoms with van der Waals surface area (Å²) >= 11 is 0. The fourth-order valence-corrected chi connectivity index (χ4v) is 1.55. The van der Waals surface area contributed by atoms with E-state index in [-0.39, 0.29) is 12.5 Å². The van der Waals surface area contributed by atoms with Crippen LogP contribution in [0.25, 0.3) is 0 Å². The Kier molecular flexibility index (Phi) is 3.59. The molecule has 1 heterocycles. The third-order valence-electron chi connectivity index (χ3n) is 2.21. The van der Waals surface area contributed by atoms with Gasteiger partial charge in [-0.2, -0.15) is 0 Å². The summed E-state index contributed by atoms with van der Waals surface area (Å²) in [6.07, 6.45) is 0.264. The van der Waals surface area contributed by atoms with Crippen LogP contribution in [0.15, 0.2) is 0 Å². The SMILES string of the molecule is O=CC1CCCN1CCC(F)F. The third kappa shape index (κ3) is 2.52. The summed E-state index contributed by atoms with van der Waals surface area (Å²) in [7, 11) is 0. The van der Waals surface area contributed by atoms with Crippen LogP contribution in [0.1, 0.15) is 19.3 Å². The Bertz CT molecular complexity index is 152. The van der Waals surface area contributed by atoms with Crippen LogP contribution in [0.4, 0.5) is 8.78 Å². The minimum Gasteiger partial charge on any atom is -0.302 e. The summed E-state index contributed by atoms with van der Waals surface area (Å²) in [5.74, 6) is 0. The maximum atomic E-state index is 11.8. The van der Waals surface area contributed by atoms with E-state index in [9.17, 15) is 13.6 Å². The Morgan fingerprint density at radius 3 is 2.92 bits per heavy atom. The Hall–Kier alpha value is -0.510. The molecular weight excluding hydrogens is 164 g/mol. The first kappa shape index (κ1) is 9.58. The molecule has 1 atom stereocenters. The summed E-state index contributed by atoms with van der Waals surface area (Å²) in [6, 6.07) is -0.108. The van der Waals surface area contributed by atoms with Crippen molar-refractivity contribution in [3.05, 3.63) is 0 Å². The van der Waals surface area contributed by atoms with Gasteiger partial charge in [0.25, 0.3) is 0 Å². The number of nitrogens with zero attached hydrogens (tertiary/aromatic N) is 1. The normalized spacial score (nSPS) is 25.1. The average Bonchev–Trinajstić information content (AvgIpc) is 2.47. The zero-order chi connectivity index (χ0) is 8.97. The van der Waals surface area contributed by atoms with Gasteiger partial charge in [0, 0.05) is 13.0 Å². The predicted molar refractivity (Wildman–Crippen MR) is 41.3 cm³/mol. The van der Waals surface area contributed by atoms with Crippen molar-refractivity contribution in [1.29, 1.82) is 0 Å². The van der Waals surface area contributed by atoms with Crippen molar-refractivity contribution in [1.82, 2.24) is 4.90 Å². The predicted octanol–water partition coefficient (Wildman–Crippen LogP) is 1.30. The van der Waals surface area contributed by atoms with Gasteiger partial charge in [0.05, 0.1) is 6.04 Å². The van der Waals surface area contributed by atoms with E-state index in [0.29, 0.717) is 6.54 Å². The number of hydrogen-bond acceptors (Lipinski definition) is 2. The molecule has 1 rings (SSSR count). The largest absolute Gasteiger partial charge is 0.302 e. The first-order valence-electron chi connectivity index (χ1n) is 4.21. The lowest BCUT2D eigenvalue weighted by Gasteiger charge is -2.18. The molecule has 4 heteroatoms. The lowest BCUT2D eigenvalue weighted by Crippen LogP contribution is -2.32. The Labute approximate surface area is 70.5 Å². The molecule has 1 fully saturated rings. The zero-order valence-electron chi connectivity index (χ0n) is 6.88. The van der Waals surface area contributed by atoms with E-state index in [1.54, 1.807) is 0 Å². The van der Waals surface area contributed by atoms with Gasteiger partial charge in [-0.3, -0.25) is 4.90 Å². The molecule has 2 nitrogen and oxygen atoms in total. The first-order valence-corrected chi connectivity index (χ1v) is 4.21. The van der Waals surface area contributed by atoms with E-state index < -0.39 is 6.43 Å². The lowest BCUT2D eigenvalue weighted by atomic mass is 10.2. The summed E-state index contributed by atoms with van der Waals surface area (Å²) in [5, 5.41) is 0. The summed E-state index contributed by atoms with van der Waals surface area (Å²) in [5.41, 5.74) is 0. The molecule has 0 amide bonds. The Morgan fingerprint density at radius 1 is 1.58 bits per heavy atom. The average molecular weight is 177 g/mol. The molecule has 0 N–H and O–H groups in total. The molecule has 0 bridgehead atoms. The van der Waals surface area contributed by atoms with Crippen LogP contribution in [0.5, 0.6) is 0 Å². The smallest absolute Gasteiger partial charge is 0.239 e. The summed E-state index contributed by atoms with van der Waals surface area (Å²) < 4.78 is 23.6. The van der Waals surface area contributed by atoms with E-state index in [1.807, 2.05) is 4.90 Å². The first-order chi connectivity index (χ1) is 5.74. The van der Waals surface area contributed by atoms with E-state index in [0.717, 1.165) is 25.7 Å². The topological polar surface area (TPSA) is 20.3 Å². The van der Waals surface area contributed by atoms with Crippen molar-refractivity contribution in [2.75, 3.05) is 13.1 Å². The Balaban J connectivity index is 2.26. The zero-order valence-corrected chi connectivity index (χ0v) is 6.88. The maximum absolute atomic E-state index is 11.8. The monoisotopic (exact) mass is 177 g/mol. The van der Waals surface area contributed by atoms with Gasteiger partial charge in [-0.1, -0.05) is 0 Å². The number of carbonyl (C=O) groups excluding carboxylic acids is 1. The summed E-state index contributed by atoms with van der Waals surface area (Å²) in [4.78, 5) is 12.3. The Morgan fingerprint density at radius 2 is 2.33 bits per heavy atom. The minimum absolute atomic E-state index is 0.108. The quantitative estimate of drug-likeness (QED) is 0.603. The number of carbonyl (C=O) groups is 1. The van der Waals surface area contributed by atoms with E-state index in [1.165, 1.54) is 0 Å². The highest BCUT2D eigenvalue weighted by Gasteiger charge is 2.23. The van der Waals surface area contributed by atoms with Crippen LogP contribution in [0, 0.1) is 0 Å². The maximum Gasteiger partial charge on any atom is 0.239 e. The number of aldehydes is 1. The summed E-state index contributed by atoms with van der Waals surface area (Å²) in [6.45, 7) is 1.14. The van der Waals surface area contributed by atoms with Crippen LogP contribution >= 0.6 is 0 Å². The van der Waals surface area contributed by atoms with Gasteiger partial charge >= 0.3 is 0 Å². The number of alkyl halides is 2. The number of likely N-dealkylation sites (tertiary alicyclic amines) is 1. The molecule has 12 heavy (non-hydrogen) atoms. The van der Waals surface area contributed by atoms with Gasteiger partial charge in [0.15, 0.2) is 0 Å². The van der Waals surface area contributed by atoms with Gasteiger partial charge in [0.2, 0.25) is 6.43 Å². The van der Waals surface area contributed by atoms with Gasteiger partial charge in [-0.25, -0.2) is 8.78 Å². The number of rotatable bonds is 4. The molecule has 1 aliphatic rings. The van der Waals surface area contributed by atoms with Crippen LogP contribution < -0.4 is 0 Å². The fourth-order valence-electron chi connectivity index (χ4n) is 1.55. The van der Waals surface area contributed by atoms with Gasteiger partial charge in [-0.15, -0.1) is 0 Å². The highest BCUT2D eigenvalue weighted by Crippen LogP contribution is 2.16. The molecule has 0 radical (unpaired) electrons. The molecule has 0 aliphatic carbocycles. The molecule has 1 aliphatic heterocycles.